The van der Waals surface area contributed by atoms with Crippen molar-refractivity contribution in [3.8, 4) is 0 Å². The van der Waals surface area contributed by atoms with Gasteiger partial charge in [0.05, 0.1) is 9.96 Å². The third kappa shape index (κ3) is 2.17. The molecule has 0 bridgehead atoms. The zero-order valence-electron chi connectivity index (χ0n) is 7.07. The van der Waals surface area contributed by atoms with Gasteiger partial charge in [0.15, 0.2) is 0 Å². The Balaban J connectivity index is 3.00. The lowest BCUT2D eigenvalue weighted by Crippen LogP contribution is -1.98. The van der Waals surface area contributed by atoms with E-state index in [9.17, 15) is 14.9 Å². The monoisotopic (exact) mass is 211 g/mol. The van der Waals surface area contributed by atoms with Crippen LogP contribution in [0.5, 0.6) is 0 Å². The number of non-ortho nitro benzene ring substituents is 1. The van der Waals surface area contributed by atoms with E-state index in [4.69, 9.17) is 11.6 Å². The maximum absolute atomic E-state index is 11.2. The van der Waals surface area contributed by atoms with E-state index in [-0.39, 0.29) is 16.3 Å². The number of Topliss-reactive ketones (excluding diaryl/α,β-unsaturated/α-hetero) is 1. The average Bonchev–Trinajstić information content (AvgIpc) is 2.16. The second-order valence-corrected chi connectivity index (χ2v) is 2.99. The summed E-state index contributed by atoms with van der Waals surface area (Å²) in [5.41, 5.74) is 0.220. The second kappa shape index (κ2) is 4.02. The van der Waals surface area contributed by atoms with E-state index >= 15 is 0 Å². The van der Waals surface area contributed by atoms with Crippen LogP contribution >= 0.6 is 11.6 Å². The molecule has 0 radical (unpaired) electrons. The van der Waals surface area contributed by atoms with Crippen LogP contribution in [0, 0.1) is 10.1 Å². The van der Waals surface area contributed by atoms with Gasteiger partial charge in [-0.15, -0.1) is 0 Å². The van der Waals surface area contributed by atoms with Gasteiger partial charge in [-0.2, -0.15) is 0 Å². The Morgan fingerprint density at radius 2 is 1.86 bits per heavy atom. The molecule has 0 aliphatic heterocycles. The standard InChI is InChI=1S/C9H6ClNO3/c1-6(10)9(12)7-2-4-8(5-3-7)11(13)14/h2-5H,1H2. The molecule has 4 nitrogen and oxygen atoms in total. The van der Waals surface area contributed by atoms with Crippen LogP contribution in [-0.2, 0) is 0 Å². The maximum Gasteiger partial charge on any atom is 0.269 e. The summed E-state index contributed by atoms with van der Waals surface area (Å²) in [5, 5.41) is 10.2. The van der Waals surface area contributed by atoms with Gasteiger partial charge < -0.3 is 0 Å². The SMILES string of the molecule is C=C(Cl)C(=O)c1ccc([N+](=O)[O-])cc1. The first-order valence-electron chi connectivity index (χ1n) is 3.66. The molecule has 0 atom stereocenters. The van der Waals surface area contributed by atoms with E-state index in [0.29, 0.717) is 0 Å². The van der Waals surface area contributed by atoms with E-state index in [0.717, 1.165) is 0 Å². The number of nitrogens with zero attached hydrogens (tertiary/aromatic N) is 1. The third-order valence-corrected chi connectivity index (χ3v) is 1.76. The number of ketones is 1. The van der Waals surface area contributed by atoms with Gasteiger partial charge in [0.2, 0.25) is 5.78 Å². The highest BCUT2D eigenvalue weighted by Gasteiger charge is 2.10. The van der Waals surface area contributed by atoms with Gasteiger partial charge >= 0.3 is 0 Å². The van der Waals surface area contributed by atoms with Gasteiger partial charge in [-0.3, -0.25) is 14.9 Å². The summed E-state index contributed by atoms with van der Waals surface area (Å²) < 4.78 is 0. The number of carbonyl (C=O) groups excluding carboxylic acids is 1. The Morgan fingerprint density at radius 3 is 2.21 bits per heavy atom. The van der Waals surface area contributed by atoms with Gasteiger partial charge in [-0.1, -0.05) is 18.2 Å². The number of hydrogen-bond donors (Lipinski definition) is 0. The Bertz CT molecular complexity index is 397. The Hall–Kier alpha value is -1.68. The number of halogens is 1. The van der Waals surface area contributed by atoms with Crippen LogP contribution in [0.1, 0.15) is 10.4 Å². The first-order valence-corrected chi connectivity index (χ1v) is 4.03. The van der Waals surface area contributed by atoms with Crippen molar-refractivity contribution in [2.24, 2.45) is 0 Å². The molecule has 0 aliphatic carbocycles. The Kier molecular flexibility index (Phi) is 2.99. The maximum atomic E-state index is 11.2. The van der Waals surface area contributed by atoms with Crippen LogP contribution in [0.2, 0.25) is 0 Å². The van der Waals surface area contributed by atoms with E-state index in [2.05, 4.69) is 6.58 Å². The van der Waals surface area contributed by atoms with Gasteiger partial charge in [-0.05, 0) is 12.1 Å². The van der Waals surface area contributed by atoms with E-state index in [1.165, 1.54) is 24.3 Å². The van der Waals surface area contributed by atoms with Crippen LogP contribution in [0.25, 0.3) is 0 Å². The molecule has 14 heavy (non-hydrogen) atoms. The smallest absolute Gasteiger partial charge is 0.269 e. The summed E-state index contributed by atoms with van der Waals surface area (Å²) in [4.78, 5) is 21.0. The fraction of sp³-hybridized carbons (Fsp3) is 0. The molecule has 72 valence electrons. The zero-order valence-corrected chi connectivity index (χ0v) is 7.82. The van der Waals surface area contributed by atoms with Gasteiger partial charge in [0.25, 0.3) is 5.69 Å². The fourth-order valence-corrected chi connectivity index (χ4v) is 1.00. The van der Waals surface area contributed by atoms with Crippen molar-refractivity contribution in [3.05, 3.63) is 51.6 Å². The molecule has 0 unspecified atom stereocenters. The number of carbonyl (C=O) groups is 1. The Morgan fingerprint density at radius 1 is 1.36 bits per heavy atom. The highest BCUT2D eigenvalue weighted by Crippen LogP contribution is 2.15. The highest BCUT2D eigenvalue weighted by molar-refractivity contribution is 6.44. The van der Waals surface area contributed by atoms with Gasteiger partial charge in [0.1, 0.15) is 0 Å². The molecule has 0 heterocycles. The lowest BCUT2D eigenvalue weighted by molar-refractivity contribution is -0.384. The van der Waals surface area contributed by atoms with Crippen LogP contribution in [0.3, 0.4) is 0 Å². The molecule has 5 heteroatoms. The predicted molar refractivity (Wildman–Crippen MR) is 52.4 cm³/mol. The molecule has 0 aromatic heterocycles. The molecular formula is C9H6ClNO3. The minimum atomic E-state index is -0.538. The van der Waals surface area contributed by atoms with Crippen molar-refractivity contribution < 1.29 is 9.72 Å². The van der Waals surface area contributed by atoms with Gasteiger partial charge in [-0.25, -0.2) is 0 Å². The first-order chi connectivity index (χ1) is 6.52. The Labute approximate surface area is 85.0 Å². The number of rotatable bonds is 3. The van der Waals surface area contributed by atoms with Crippen molar-refractivity contribution in [1.82, 2.24) is 0 Å². The number of benzene rings is 1. The van der Waals surface area contributed by atoms with E-state index < -0.39 is 10.7 Å². The third-order valence-electron chi connectivity index (χ3n) is 1.59. The minimum absolute atomic E-state index is 0.0678. The first kappa shape index (κ1) is 10.4. The summed E-state index contributed by atoms with van der Waals surface area (Å²) >= 11 is 5.39. The fourth-order valence-electron chi connectivity index (χ4n) is 0.891. The quantitative estimate of drug-likeness (QED) is 0.334. The molecule has 0 N–H and O–H groups in total. The lowest BCUT2D eigenvalue weighted by atomic mass is 10.1. The molecule has 0 aliphatic rings. The predicted octanol–water partition coefficient (Wildman–Crippen LogP) is 2.53. The number of nitro benzene ring substituents is 1. The van der Waals surface area contributed by atoms with Crippen molar-refractivity contribution in [2.75, 3.05) is 0 Å². The van der Waals surface area contributed by atoms with Crippen LogP contribution in [0.15, 0.2) is 35.9 Å². The molecule has 0 saturated carbocycles. The number of hydrogen-bond acceptors (Lipinski definition) is 3. The molecule has 1 aromatic carbocycles. The molecular weight excluding hydrogens is 206 g/mol. The topological polar surface area (TPSA) is 60.2 Å². The molecule has 1 rings (SSSR count). The van der Waals surface area contributed by atoms with E-state index in [1.54, 1.807) is 0 Å². The van der Waals surface area contributed by atoms with Crippen LogP contribution in [0.4, 0.5) is 5.69 Å². The zero-order chi connectivity index (χ0) is 10.7. The van der Waals surface area contributed by atoms with Gasteiger partial charge in [0, 0.05) is 17.7 Å². The summed E-state index contributed by atoms with van der Waals surface area (Å²) in [6.45, 7) is 3.27. The van der Waals surface area contributed by atoms with Crippen molar-refractivity contribution in [1.29, 1.82) is 0 Å². The molecule has 0 fully saturated rings. The molecule has 0 saturated heterocycles. The molecule has 0 spiro atoms. The minimum Gasteiger partial charge on any atom is -0.288 e. The molecule has 0 amide bonds. The largest absolute Gasteiger partial charge is 0.288 e. The normalized spacial score (nSPS) is 9.50. The summed E-state index contributed by atoms with van der Waals surface area (Å²) in [6, 6.07) is 5.17. The summed E-state index contributed by atoms with van der Waals surface area (Å²) in [5.74, 6) is -0.429. The second-order valence-electron chi connectivity index (χ2n) is 2.54. The lowest BCUT2D eigenvalue weighted by Gasteiger charge is -1.96. The number of allylic oxidation sites excluding steroid dienone is 1. The molecule has 1 aromatic rings. The van der Waals surface area contributed by atoms with Crippen LogP contribution in [-0.4, -0.2) is 10.7 Å². The van der Waals surface area contributed by atoms with Crippen molar-refractivity contribution >= 4 is 23.1 Å². The van der Waals surface area contributed by atoms with Crippen molar-refractivity contribution in [2.45, 2.75) is 0 Å². The summed E-state index contributed by atoms with van der Waals surface area (Å²) in [7, 11) is 0. The van der Waals surface area contributed by atoms with Crippen molar-refractivity contribution in [3.63, 3.8) is 0 Å². The highest BCUT2D eigenvalue weighted by atomic mass is 35.5. The average molecular weight is 212 g/mol. The van der Waals surface area contributed by atoms with E-state index in [1.807, 2.05) is 0 Å². The number of nitro groups is 1. The van der Waals surface area contributed by atoms with Crippen LogP contribution < -0.4 is 0 Å². The summed E-state index contributed by atoms with van der Waals surface area (Å²) in [6.07, 6.45) is 0.